The van der Waals surface area contributed by atoms with E-state index in [9.17, 15) is 0 Å². The topological polar surface area (TPSA) is 26.0 Å². The van der Waals surface area contributed by atoms with E-state index >= 15 is 0 Å². The Labute approximate surface area is 84.2 Å². The van der Waals surface area contributed by atoms with E-state index in [4.69, 9.17) is 5.73 Å². The number of hydrogen-bond donors (Lipinski definition) is 1. The summed E-state index contributed by atoms with van der Waals surface area (Å²) >= 11 is 0. The van der Waals surface area contributed by atoms with Gasteiger partial charge in [0, 0.05) is 5.69 Å². The molecule has 69 valence electrons. The van der Waals surface area contributed by atoms with Gasteiger partial charge in [0.1, 0.15) is 0 Å². The molecule has 0 spiro atoms. The summed E-state index contributed by atoms with van der Waals surface area (Å²) in [5.74, 6) is 0. The predicted molar refractivity (Wildman–Crippen MR) is 59.9 cm³/mol. The predicted octanol–water partition coefficient (Wildman–Crippen LogP) is 3.04. The monoisotopic (exact) mass is 182 g/mol. The van der Waals surface area contributed by atoms with E-state index in [2.05, 4.69) is 19.1 Å². The van der Waals surface area contributed by atoms with Gasteiger partial charge < -0.3 is 5.73 Å². The molecule has 0 saturated carbocycles. The fourth-order valence-corrected chi connectivity index (χ4v) is 1.41. The Morgan fingerprint density at radius 1 is 1.07 bits per heavy atom. The maximum Gasteiger partial charge on any atom is 0.0314 e. The SMILES string of the molecule is Cc1cc[c]c(-c2ccc(N)cc2)c1. The molecule has 0 heterocycles. The number of nitrogens with two attached hydrogens (primary N) is 1. The van der Waals surface area contributed by atoms with E-state index in [1.165, 1.54) is 5.56 Å². The quantitative estimate of drug-likeness (QED) is 0.674. The van der Waals surface area contributed by atoms with Gasteiger partial charge in [0.05, 0.1) is 0 Å². The molecule has 0 bridgehead atoms. The normalized spacial score (nSPS) is 10.1. The highest BCUT2D eigenvalue weighted by atomic mass is 14.5. The lowest BCUT2D eigenvalue weighted by Crippen LogP contribution is -1.84. The molecule has 0 aliphatic heterocycles. The third kappa shape index (κ3) is 1.77. The van der Waals surface area contributed by atoms with Crippen molar-refractivity contribution in [3.8, 4) is 11.1 Å². The van der Waals surface area contributed by atoms with Gasteiger partial charge in [0.25, 0.3) is 0 Å². The summed E-state index contributed by atoms with van der Waals surface area (Å²) in [7, 11) is 0. The van der Waals surface area contributed by atoms with Gasteiger partial charge in [0.15, 0.2) is 0 Å². The maximum atomic E-state index is 5.62. The maximum absolute atomic E-state index is 5.62. The average molecular weight is 182 g/mol. The van der Waals surface area contributed by atoms with Crippen molar-refractivity contribution in [3.05, 3.63) is 54.1 Å². The Hall–Kier alpha value is -1.76. The molecule has 2 N–H and O–H groups in total. The largest absolute Gasteiger partial charge is 0.399 e. The number of benzene rings is 2. The molecule has 0 aromatic heterocycles. The lowest BCUT2D eigenvalue weighted by atomic mass is 10.0. The molecule has 14 heavy (non-hydrogen) atoms. The first kappa shape index (κ1) is 8.82. The van der Waals surface area contributed by atoms with Crippen LogP contribution in [0.1, 0.15) is 5.56 Å². The summed E-state index contributed by atoms with van der Waals surface area (Å²) in [6.45, 7) is 2.08. The van der Waals surface area contributed by atoms with Gasteiger partial charge >= 0.3 is 0 Å². The molecule has 2 aromatic carbocycles. The minimum atomic E-state index is 0.793. The molecule has 1 radical (unpaired) electrons. The zero-order valence-corrected chi connectivity index (χ0v) is 8.12. The fraction of sp³-hybridized carbons (Fsp3) is 0.0769. The van der Waals surface area contributed by atoms with Crippen molar-refractivity contribution in [2.75, 3.05) is 5.73 Å². The molecule has 0 aliphatic rings. The molecule has 1 nitrogen and oxygen atoms in total. The summed E-state index contributed by atoms with van der Waals surface area (Å²) in [5, 5.41) is 0. The molecule has 2 rings (SSSR count). The van der Waals surface area contributed by atoms with Gasteiger partial charge in [-0.2, -0.15) is 0 Å². The summed E-state index contributed by atoms with van der Waals surface area (Å²) in [4.78, 5) is 0. The van der Waals surface area contributed by atoms with Crippen LogP contribution in [0.4, 0.5) is 5.69 Å². The lowest BCUT2D eigenvalue weighted by Gasteiger charge is -2.02. The number of rotatable bonds is 1. The van der Waals surface area contributed by atoms with Gasteiger partial charge in [-0.25, -0.2) is 0 Å². The second-order valence-electron chi connectivity index (χ2n) is 3.40. The Morgan fingerprint density at radius 2 is 1.79 bits per heavy atom. The minimum absolute atomic E-state index is 0.793. The highest BCUT2D eigenvalue weighted by molar-refractivity contribution is 5.65. The van der Waals surface area contributed by atoms with Crippen molar-refractivity contribution in [2.45, 2.75) is 6.92 Å². The standard InChI is InChI=1S/C13H12N/c1-10-3-2-4-12(9-10)11-5-7-13(14)8-6-11/h2-3,5-9H,14H2,1H3. The van der Waals surface area contributed by atoms with Gasteiger partial charge in [-0.3, -0.25) is 0 Å². The van der Waals surface area contributed by atoms with E-state index < -0.39 is 0 Å². The highest BCUT2D eigenvalue weighted by Crippen LogP contribution is 2.20. The zero-order valence-electron chi connectivity index (χ0n) is 8.12. The lowest BCUT2D eigenvalue weighted by molar-refractivity contribution is 1.46. The molecule has 2 aromatic rings. The summed E-state index contributed by atoms with van der Waals surface area (Å²) < 4.78 is 0. The minimum Gasteiger partial charge on any atom is -0.399 e. The van der Waals surface area contributed by atoms with Crippen LogP contribution in [0.2, 0.25) is 0 Å². The summed E-state index contributed by atoms with van der Waals surface area (Å²) in [6, 6.07) is 17.2. The van der Waals surface area contributed by atoms with Gasteiger partial charge in [-0.1, -0.05) is 35.9 Å². The van der Waals surface area contributed by atoms with Crippen LogP contribution in [0, 0.1) is 13.0 Å². The van der Waals surface area contributed by atoms with E-state index in [-0.39, 0.29) is 0 Å². The smallest absolute Gasteiger partial charge is 0.0314 e. The van der Waals surface area contributed by atoms with Crippen molar-refractivity contribution in [1.82, 2.24) is 0 Å². The third-order valence-electron chi connectivity index (χ3n) is 2.18. The van der Waals surface area contributed by atoms with Crippen molar-refractivity contribution >= 4 is 5.69 Å². The first-order valence-corrected chi connectivity index (χ1v) is 4.60. The Morgan fingerprint density at radius 3 is 2.43 bits per heavy atom. The average Bonchev–Trinajstić information content (AvgIpc) is 2.19. The van der Waals surface area contributed by atoms with Crippen molar-refractivity contribution < 1.29 is 0 Å². The first-order chi connectivity index (χ1) is 6.75. The highest BCUT2D eigenvalue weighted by Gasteiger charge is 1.96. The molecule has 0 saturated heterocycles. The van der Waals surface area contributed by atoms with Crippen LogP contribution in [0.25, 0.3) is 11.1 Å². The number of hydrogen-bond acceptors (Lipinski definition) is 1. The van der Waals surface area contributed by atoms with E-state index in [1.54, 1.807) is 0 Å². The Kier molecular flexibility index (Phi) is 2.23. The van der Waals surface area contributed by atoms with Crippen LogP contribution in [0.15, 0.2) is 42.5 Å². The van der Waals surface area contributed by atoms with Crippen LogP contribution in [0.5, 0.6) is 0 Å². The Bertz CT molecular complexity index is 429. The number of anilines is 1. The van der Waals surface area contributed by atoms with E-state index in [0.717, 1.165) is 16.8 Å². The zero-order chi connectivity index (χ0) is 9.97. The molecule has 0 fully saturated rings. The third-order valence-corrected chi connectivity index (χ3v) is 2.18. The summed E-state index contributed by atoms with van der Waals surface area (Å²) in [5.41, 5.74) is 9.93. The molecule has 0 atom stereocenters. The van der Waals surface area contributed by atoms with Crippen LogP contribution in [0.3, 0.4) is 0 Å². The van der Waals surface area contributed by atoms with E-state index in [0.29, 0.717) is 0 Å². The van der Waals surface area contributed by atoms with Crippen LogP contribution >= 0.6 is 0 Å². The number of aryl methyl sites for hydroxylation is 1. The Balaban J connectivity index is 2.44. The molecule has 1 heteroatoms. The van der Waals surface area contributed by atoms with E-state index in [1.807, 2.05) is 36.4 Å². The van der Waals surface area contributed by atoms with Crippen LogP contribution in [-0.2, 0) is 0 Å². The number of nitrogen functional groups attached to an aromatic ring is 1. The van der Waals surface area contributed by atoms with Gasteiger partial charge in [-0.05, 0) is 36.2 Å². The second kappa shape index (κ2) is 3.54. The molecular formula is C13H12N. The van der Waals surface area contributed by atoms with Crippen LogP contribution in [-0.4, -0.2) is 0 Å². The molecule has 0 amide bonds. The van der Waals surface area contributed by atoms with Crippen LogP contribution < -0.4 is 5.73 Å². The van der Waals surface area contributed by atoms with Crippen molar-refractivity contribution in [2.24, 2.45) is 0 Å². The van der Waals surface area contributed by atoms with Crippen molar-refractivity contribution in [1.29, 1.82) is 0 Å². The first-order valence-electron chi connectivity index (χ1n) is 4.60. The van der Waals surface area contributed by atoms with Gasteiger partial charge in [0.2, 0.25) is 0 Å². The second-order valence-corrected chi connectivity index (χ2v) is 3.40. The van der Waals surface area contributed by atoms with Gasteiger partial charge in [-0.15, -0.1) is 0 Å². The van der Waals surface area contributed by atoms with Crippen molar-refractivity contribution in [3.63, 3.8) is 0 Å². The molecule has 0 aliphatic carbocycles. The fourth-order valence-electron chi connectivity index (χ4n) is 1.41. The molecule has 0 unspecified atom stereocenters. The summed E-state index contributed by atoms with van der Waals surface area (Å²) in [6.07, 6.45) is 0. The molecular weight excluding hydrogens is 170 g/mol.